The second kappa shape index (κ2) is 6.91. The van der Waals surface area contributed by atoms with Crippen molar-refractivity contribution in [1.82, 2.24) is 14.9 Å². The average molecular weight is 361 g/mol. The highest BCUT2D eigenvalue weighted by molar-refractivity contribution is 5.78. The van der Waals surface area contributed by atoms with Crippen LogP contribution in [0.25, 0.3) is 10.9 Å². The van der Waals surface area contributed by atoms with Crippen LogP contribution in [0, 0.1) is 5.92 Å². The minimum atomic E-state index is -0.0565. The molecule has 5 heteroatoms. The number of likely N-dealkylation sites (tertiary alicyclic amines) is 1. The lowest BCUT2D eigenvalue weighted by Gasteiger charge is -2.50. The molecule has 1 aromatic carbocycles. The number of rotatable bonds is 5. The second-order valence-corrected chi connectivity index (χ2v) is 7.54. The summed E-state index contributed by atoms with van der Waals surface area (Å²) in [5.74, 6) is 1.26. The van der Waals surface area contributed by atoms with Gasteiger partial charge in [-0.3, -0.25) is 14.9 Å². The standard InChI is InChI=1S/C22H23N3O2/c1-2-6-21-17(4-1)7-8-19(24-21)13-25-15-22(16-25)18(9-11-27-22)14-26-20-5-3-10-23-12-20/h1-8,10,12,18H,9,11,13-16H2. The molecule has 2 aliphatic rings. The minimum Gasteiger partial charge on any atom is -0.492 e. The molecule has 1 spiro atoms. The summed E-state index contributed by atoms with van der Waals surface area (Å²) in [6, 6.07) is 16.4. The van der Waals surface area contributed by atoms with E-state index >= 15 is 0 Å². The molecule has 1 atom stereocenters. The summed E-state index contributed by atoms with van der Waals surface area (Å²) in [5.41, 5.74) is 2.12. The van der Waals surface area contributed by atoms with Crippen molar-refractivity contribution in [3.8, 4) is 5.75 Å². The van der Waals surface area contributed by atoms with Crippen LogP contribution in [0.3, 0.4) is 0 Å². The number of aromatic nitrogens is 2. The Hall–Kier alpha value is -2.50. The summed E-state index contributed by atoms with van der Waals surface area (Å²) >= 11 is 0. The highest BCUT2D eigenvalue weighted by Crippen LogP contribution is 2.40. The van der Waals surface area contributed by atoms with Gasteiger partial charge in [0.1, 0.15) is 5.75 Å². The van der Waals surface area contributed by atoms with Crippen molar-refractivity contribution in [2.45, 2.75) is 18.6 Å². The molecular weight excluding hydrogens is 338 g/mol. The Kier molecular flexibility index (Phi) is 4.26. The Balaban J connectivity index is 1.20. The zero-order chi connectivity index (χ0) is 18.1. The molecule has 0 aliphatic carbocycles. The lowest BCUT2D eigenvalue weighted by Crippen LogP contribution is -2.64. The monoisotopic (exact) mass is 361 g/mol. The van der Waals surface area contributed by atoms with Crippen LogP contribution in [0.2, 0.25) is 0 Å². The molecule has 2 aliphatic heterocycles. The molecule has 2 aromatic heterocycles. The van der Waals surface area contributed by atoms with Crippen molar-refractivity contribution in [2.24, 2.45) is 5.92 Å². The number of fused-ring (bicyclic) bond motifs is 1. The third-order valence-corrected chi connectivity index (χ3v) is 5.71. The van der Waals surface area contributed by atoms with Gasteiger partial charge < -0.3 is 9.47 Å². The quantitative estimate of drug-likeness (QED) is 0.698. The van der Waals surface area contributed by atoms with Gasteiger partial charge >= 0.3 is 0 Å². The van der Waals surface area contributed by atoms with Crippen LogP contribution in [0.4, 0.5) is 0 Å². The van der Waals surface area contributed by atoms with Crippen molar-refractivity contribution >= 4 is 10.9 Å². The maximum Gasteiger partial charge on any atom is 0.137 e. The number of benzene rings is 1. The molecular formula is C22H23N3O2. The van der Waals surface area contributed by atoms with Gasteiger partial charge in [-0.25, -0.2) is 0 Å². The third-order valence-electron chi connectivity index (χ3n) is 5.71. The SMILES string of the molecule is c1cncc(OCC2CCOC23CN(Cc2ccc4ccccc4n2)C3)c1. The van der Waals surface area contributed by atoms with Crippen LogP contribution in [0.1, 0.15) is 12.1 Å². The van der Waals surface area contributed by atoms with Gasteiger partial charge in [0.2, 0.25) is 0 Å². The van der Waals surface area contributed by atoms with E-state index in [1.54, 1.807) is 12.4 Å². The van der Waals surface area contributed by atoms with Crippen molar-refractivity contribution in [3.63, 3.8) is 0 Å². The van der Waals surface area contributed by atoms with E-state index in [2.05, 4.69) is 34.1 Å². The summed E-state index contributed by atoms with van der Waals surface area (Å²) in [4.78, 5) is 11.3. The molecule has 3 aromatic rings. The molecule has 5 rings (SSSR count). The van der Waals surface area contributed by atoms with Gasteiger partial charge in [-0.2, -0.15) is 0 Å². The topological polar surface area (TPSA) is 47.5 Å². The predicted molar refractivity (Wildman–Crippen MR) is 104 cm³/mol. The summed E-state index contributed by atoms with van der Waals surface area (Å²) in [6.45, 7) is 4.27. The van der Waals surface area contributed by atoms with E-state index in [4.69, 9.17) is 14.5 Å². The van der Waals surface area contributed by atoms with Gasteiger partial charge in [0.25, 0.3) is 0 Å². The maximum atomic E-state index is 6.16. The lowest BCUT2D eigenvalue weighted by atomic mass is 9.81. The van der Waals surface area contributed by atoms with Crippen LogP contribution in [0.15, 0.2) is 60.9 Å². The summed E-state index contributed by atoms with van der Waals surface area (Å²) in [5, 5.41) is 1.19. The van der Waals surface area contributed by atoms with Crippen LogP contribution in [-0.4, -0.2) is 46.8 Å². The van der Waals surface area contributed by atoms with Crippen LogP contribution in [-0.2, 0) is 11.3 Å². The molecule has 5 nitrogen and oxygen atoms in total. The minimum absolute atomic E-state index is 0.0565. The van der Waals surface area contributed by atoms with E-state index in [0.717, 1.165) is 49.6 Å². The first-order chi connectivity index (χ1) is 13.3. The molecule has 0 saturated carbocycles. The van der Waals surface area contributed by atoms with Gasteiger partial charge in [0.15, 0.2) is 0 Å². The summed E-state index contributed by atoms with van der Waals surface area (Å²) in [7, 11) is 0. The Bertz CT molecular complexity index is 925. The first-order valence-corrected chi connectivity index (χ1v) is 9.55. The zero-order valence-corrected chi connectivity index (χ0v) is 15.3. The number of hydrogen-bond donors (Lipinski definition) is 0. The summed E-state index contributed by atoms with van der Waals surface area (Å²) in [6.07, 6.45) is 4.58. The van der Waals surface area contributed by atoms with E-state index in [-0.39, 0.29) is 5.60 Å². The van der Waals surface area contributed by atoms with Crippen LogP contribution in [0.5, 0.6) is 5.75 Å². The molecule has 27 heavy (non-hydrogen) atoms. The molecule has 2 saturated heterocycles. The zero-order valence-electron chi connectivity index (χ0n) is 15.3. The fourth-order valence-corrected chi connectivity index (χ4v) is 4.25. The van der Waals surface area contributed by atoms with Crippen molar-refractivity contribution in [2.75, 3.05) is 26.3 Å². The van der Waals surface area contributed by atoms with Gasteiger partial charge in [0.05, 0.1) is 29.6 Å². The van der Waals surface area contributed by atoms with Gasteiger partial charge in [-0.05, 0) is 30.7 Å². The normalized spacial score (nSPS) is 21.4. The fraction of sp³-hybridized carbons (Fsp3) is 0.364. The Morgan fingerprint density at radius 3 is 2.93 bits per heavy atom. The van der Waals surface area contributed by atoms with Gasteiger partial charge in [-0.1, -0.05) is 24.3 Å². The number of hydrogen-bond acceptors (Lipinski definition) is 5. The molecule has 138 valence electrons. The molecule has 0 amide bonds. The molecule has 4 heterocycles. The molecule has 0 radical (unpaired) electrons. The van der Waals surface area contributed by atoms with Crippen molar-refractivity contribution in [1.29, 1.82) is 0 Å². The van der Waals surface area contributed by atoms with Crippen molar-refractivity contribution in [3.05, 3.63) is 66.6 Å². The predicted octanol–water partition coefficient (Wildman–Crippen LogP) is 3.30. The molecule has 0 bridgehead atoms. The smallest absolute Gasteiger partial charge is 0.137 e. The van der Waals surface area contributed by atoms with E-state index in [1.165, 1.54) is 5.39 Å². The maximum absolute atomic E-state index is 6.16. The highest BCUT2D eigenvalue weighted by atomic mass is 16.5. The number of pyridine rings is 2. The third kappa shape index (κ3) is 3.29. The van der Waals surface area contributed by atoms with E-state index < -0.39 is 0 Å². The number of para-hydroxylation sites is 1. The highest BCUT2D eigenvalue weighted by Gasteiger charge is 2.53. The fourth-order valence-electron chi connectivity index (χ4n) is 4.25. The molecule has 2 fully saturated rings. The number of ether oxygens (including phenoxy) is 2. The van der Waals surface area contributed by atoms with Gasteiger partial charge in [-0.15, -0.1) is 0 Å². The van der Waals surface area contributed by atoms with Crippen LogP contribution < -0.4 is 4.74 Å². The van der Waals surface area contributed by atoms with E-state index in [9.17, 15) is 0 Å². The first-order valence-electron chi connectivity index (χ1n) is 9.55. The Morgan fingerprint density at radius 2 is 2.04 bits per heavy atom. The van der Waals surface area contributed by atoms with Crippen LogP contribution >= 0.6 is 0 Å². The summed E-state index contributed by atoms with van der Waals surface area (Å²) < 4.78 is 12.1. The van der Waals surface area contributed by atoms with Gasteiger partial charge in [0, 0.05) is 43.7 Å². The molecule has 0 N–H and O–H groups in total. The number of nitrogens with zero attached hydrogens (tertiary/aromatic N) is 3. The van der Waals surface area contributed by atoms with E-state index in [1.807, 2.05) is 24.3 Å². The lowest BCUT2D eigenvalue weighted by molar-refractivity contribution is -0.141. The van der Waals surface area contributed by atoms with Crippen molar-refractivity contribution < 1.29 is 9.47 Å². The largest absolute Gasteiger partial charge is 0.492 e. The Morgan fingerprint density at radius 1 is 1.11 bits per heavy atom. The first kappa shape index (κ1) is 16.7. The second-order valence-electron chi connectivity index (χ2n) is 7.54. The Labute approximate surface area is 159 Å². The van der Waals surface area contributed by atoms with E-state index in [0.29, 0.717) is 12.5 Å². The average Bonchev–Trinajstić information content (AvgIpc) is 3.11. The molecule has 1 unspecified atom stereocenters.